The lowest BCUT2D eigenvalue weighted by molar-refractivity contribution is -0.306. The number of thiophene rings is 1. The maximum Gasteiger partial charge on any atom is 0.261 e. The average Bonchev–Trinajstić information content (AvgIpc) is 3.07. The Hall–Kier alpha value is -2.34. The van der Waals surface area contributed by atoms with Crippen LogP contribution < -0.4 is 15.2 Å². The van der Waals surface area contributed by atoms with Crippen molar-refractivity contribution in [3.63, 3.8) is 0 Å². The number of carboxylic acid groups (broad SMARTS) is 1. The molecule has 23 heavy (non-hydrogen) atoms. The molecule has 0 aliphatic rings. The van der Waals surface area contributed by atoms with Crippen molar-refractivity contribution < 1.29 is 19.4 Å². The lowest BCUT2D eigenvalue weighted by Crippen LogP contribution is -2.33. The molecule has 1 N–H and O–H groups in total. The fraction of sp³-hybridized carbons (Fsp3) is 0.294. The van der Waals surface area contributed by atoms with Gasteiger partial charge >= 0.3 is 0 Å². The van der Waals surface area contributed by atoms with Crippen LogP contribution in [0.15, 0.2) is 41.8 Å². The van der Waals surface area contributed by atoms with Gasteiger partial charge in [-0.15, -0.1) is 11.3 Å². The predicted molar refractivity (Wildman–Crippen MR) is 86.4 cm³/mol. The zero-order valence-electron chi connectivity index (χ0n) is 12.8. The van der Waals surface area contributed by atoms with Crippen molar-refractivity contribution in [2.24, 2.45) is 0 Å². The average molecular weight is 332 g/mol. The minimum Gasteiger partial charge on any atom is -0.550 e. The molecule has 1 amide bonds. The third kappa shape index (κ3) is 5.10. The standard InChI is InChI=1S/C17H19NO4S/c1-2-9-22-13-7-5-12(6-8-13)14(11-16(19)20)18-17(21)15-4-3-10-23-15/h3-8,10,14H,2,9,11H2,1H3,(H,18,21)(H,19,20)/p-1/t14-/m0/s1. The second-order valence-corrected chi connectivity index (χ2v) is 5.94. The summed E-state index contributed by atoms with van der Waals surface area (Å²) < 4.78 is 5.50. The summed E-state index contributed by atoms with van der Waals surface area (Å²) >= 11 is 1.30. The van der Waals surface area contributed by atoms with Gasteiger partial charge in [0.25, 0.3) is 5.91 Å². The van der Waals surface area contributed by atoms with E-state index < -0.39 is 12.0 Å². The highest BCUT2D eigenvalue weighted by molar-refractivity contribution is 7.12. The molecule has 1 atom stereocenters. The lowest BCUT2D eigenvalue weighted by Gasteiger charge is -2.20. The van der Waals surface area contributed by atoms with E-state index in [1.54, 1.807) is 41.8 Å². The Labute approximate surface area is 138 Å². The van der Waals surface area contributed by atoms with Crippen LogP contribution in [0.3, 0.4) is 0 Å². The van der Waals surface area contributed by atoms with Crippen LogP contribution in [-0.2, 0) is 4.79 Å². The van der Waals surface area contributed by atoms with Gasteiger partial charge in [-0.3, -0.25) is 4.79 Å². The van der Waals surface area contributed by atoms with Gasteiger partial charge in [0.1, 0.15) is 5.75 Å². The molecule has 122 valence electrons. The highest BCUT2D eigenvalue weighted by Gasteiger charge is 2.17. The van der Waals surface area contributed by atoms with Crippen molar-refractivity contribution in [3.8, 4) is 5.75 Å². The van der Waals surface area contributed by atoms with Gasteiger partial charge in [-0.25, -0.2) is 0 Å². The lowest BCUT2D eigenvalue weighted by atomic mass is 10.0. The number of carbonyl (C=O) groups excluding carboxylic acids is 2. The Morgan fingerprint density at radius 2 is 2.00 bits per heavy atom. The van der Waals surface area contributed by atoms with Gasteiger partial charge in [0.15, 0.2) is 0 Å². The van der Waals surface area contributed by atoms with Crippen molar-refractivity contribution in [2.45, 2.75) is 25.8 Å². The van der Waals surface area contributed by atoms with E-state index in [2.05, 4.69) is 5.32 Å². The second kappa shape index (κ2) is 8.33. The van der Waals surface area contributed by atoms with Crippen molar-refractivity contribution in [1.29, 1.82) is 0 Å². The van der Waals surface area contributed by atoms with E-state index in [1.807, 2.05) is 6.92 Å². The van der Waals surface area contributed by atoms with Crippen molar-refractivity contribution in [2.75, 3.05) is 6.61 Å². The summed E-state index contributed by atoms with van der Waals surface area (Å²) in [4.78, 5) is 23.7. The first-order valence-corrected chi connectivity index (χ1v) is 8.25. The predicted octanol–water partition coefficient (Wildman–Crippen LogP) is 2.15. The van der Waals surface area contributed by atoms with Crippen LogP contribution in [0.25, 0.3) is 0 Å². The van der Waals surface area contributed by atoms with Crippen LogP contribution in [0, 0.1) is 0 Å². The molecule has 0 saturated heterocycles. The van der Waals surface area contributed by atoms with E-state index in [-0.39, 0.29) is 12.3 Å². The fourth-order valence-corrected chi connectivity index (χ4v) is 2.70. The van der Waals surface area contributed by atoms with E-state index in [4.69, 9.17) is 4.74 Å². The van der Waals surface area contributed by atoms with Crippen LogP contribution in [0.4, 0.5) is 0 Å². The number of amides is 1. The Morgan fingerprint density at radius 3 is 2.57 bits per heavy atom. The van der Waals surface area contributed by atoms with E-state index >= 15 is 0 Å². The first kappa shape index (κ1) is 17.0. The van der Waals surface area contributed by atoms with Gasteiger partial charge < -0.3 is 20.0 Å². The van der Waals surface area contributed by atoms with Crippen LogP contribution in [0.1, 0.15) is 41.0 Å². The molecule has 0 aliphatic heterocycles. The molecule has 0 aliphatic carbocycles. The summed E-state index contributed by atoms with van der Waals surface area (Å²) in [5, 5.41) is 15.5. The highest BCUT2D eigenvalue weighted by atomic mass is 32.1. The fourth-order valence-electron chi connectivity index (χ4n) is 2.07. The van der Waals surface area contributed by atoms with Crippen LogP contribution in [0.2, 0.25) is 0 Å². The minimum atomic E-state index is -1.22. The SMILES string of the molecule is CCCOc1ccc([C@H](CC(=O)[O-])NC(=O)c2cccs2)cc1. The largest absolute Gasteiger partial charge is 0.550 e. The molecule has 2 aromatic rings. The molecule has 0 bridgehead atoms. The number of benzene rings is 1. The quantitative estimate of drug-likeness (QED) is 0.803. The zero-order valence-corrected chi connectivity index (χ0v) is 13.6. The van der Waals surface area contributed by atoms with E-state index in [0.29, 0.717) is 22.8 Å². The number of aliphatic carboxylic acids is 1. The molecule has 0 spiro atoms. The van der Waals surface area contributed by atoms with Gasteiger partial charge in [0.05, 0.1) is 17.5 Å². The van der Waals surface area contributed by atoms with Crippen LogP contribution >= 0.6 is 11.3 Å². The maximum atomic E-state index is 12.1. The normalized spacial score (nSPS) is 11.7. The maximum absolute atomic E-state index is 12.1. The number of hydrogen-bond donors (Lipinski definition) is 1. The molecular formula is C17H18NO4S-. The summed E-state index contributed by atoms with van der Waals surface area (Å²) in [7, 11) is 0. The molecule has 1 aromatic heterocycles. The zero-order chi connectivity index (χ0) is 16.7. The molecule has 1 heterocycles. The van der Waals surface area contributed by atoms with E-state index in [9.17, 15) is 14.7 Å². The van der Waals surface area contributed by atoms with Crippen molar-refractivity contribution >= 4 is 23.2 Å². The molecular weight excluding hydrogens is 314 g/mol. The summed E-state index contributed by atoms with van der Waals surface area (Å²) in [6.07, 6.45) is 0.623. The summed E-state index contributed by atoms with van der Waals surface area (Å²) in [6.45, 7) is 2.64. The number of rotatable bonds is 8. The highest BCUT2D eigenvalue weighted by Crippen LogP contribution is 2.21. The summed E-state index contributed by atoms with van der Waals surface area (Å²) in [5.74, 6) is -0.794. The summed E-state index contributed by atoms with van der Waals surface area (Å²) in [6, 6.07) is 9.87. The van der Waals surface area contributed by atoms with Gasteiger partial charge in [-0.2, -0.15) is 0 Å². The second-order valence-electron chi connectivity index (χ2n) is 5.00. The first-order valence-electron chi connectivity index (χ1n) is 7.37. The number of carboxylic acids is 1. The molecule has 0 saturated carbocycles. The van der Waals surface area contributed by atoms with Crippen molar-refractivity contribution in [3.05, 3.63) is 52.2 Å². The smallest absolute Gasteiger partial charge is 0.261 e. The van der Waals surface area contributed by atoms with Crippen LogP contribution in [-0.4, -0.2) is 18.5 Å². The van der Waals surface area contributed by atoms with Gasteiger partial charge in [0, 0.05) is 12.4 Å². The Bertz CT molecular complexity index is 637. The molecule has 6 heteroatoms. The Morgan fingerprint density at radius 1 is 1.26 bits per heavy atom. The first-order chi connectivity index (χ1) is 11.1. The third-order valence-electron chi connectivity index (χ3n) is 3.18. The molecule has 0 fully saturated rings. The van der Waals surface area contributed by atoms with Gasteiger partial charge in [-0.05, 0) is 35.6 Å². The summed E-state index contributed by atoms with van der Waals surface area (Å²) in [5.41, 5.74) is 0.697. The number of hydrogen-bond acceptors (Lipinski definition) is 5. The Balaban J connectivity index is 2.11. The molecule has 5 nitrogen and oxygen atoms in total. The van der Waals surface area contributed by atoms with E-state index in [0.717, 1.165) is 6.42 Å². The number of ether oxygens (including phenoxy) is 1. The molecule has 2 rings (SSSR count). The van der Waals surface area contributed by atoms with E-state index in [1.165, 1.54) is 11.3 Å². The number of carbonyl (C=O) groups is 2. The molecule has 0 radical (unpaired) electrons. The minimum absolute atomic E-state index is 0.285. The van der Waals surface area contributed by atoms with Gasteiger partial charge in [0.2, 0.25) is 0 Å². The Kier molecular flexibility index (Phi) is 6.17. The number of nitrogens with one attached hydrogen (secondary N) is 1. The van der Waals surface area contributed by atoms with Gasteiger partial charge in [-0.1, -0.05) is 25.1 Å². The monoisotopic (exact) mass is 332 g/mol. The third-order valence-corrected chi connectivity index (χ3v) is 4.05. The van der Waals surface area contributed by atoms with Crippen molar-refractivity contribution in [1.82, 2.24) is 5.32 Å². The topological polar surface area (TPSA) is 78.5 Å². The molecule has 1 aromatic carbocycles. The van der Waals surface area contributed by atoms with Crippen LogP contribution in [0.5, 0.6) is 5.75 Å². The molecule has 0 unspecified atom stereocenters.